The van der Waals surface area contributed by atoms with Crippen molar-refractivity contribution in [1.82, 2.24) is 5.23 Å². The van der Waals surface area contributed by atoms with Gasteiger partial charge in [0.25, 0.3) is 0 Å². The second kappa shape index (κ2) is 5.31. The third-order valence-corrected chi connectivity index (χ3v) is 8.06. The highest BCUT2D eigenvalue weighted by atomic mass is 28.4. The van der Waals surface area contributed by atoms with E-state index in [0.29, 0.717) is 13.2 Å². The van der Waals surface area contributed by atoms with Crippen molar-refractivity contribution in [3.8, 4) is 0 Å². The zero-order chi connectivity index (χ0) is 15.3. The van der Waals surface area contributed by atoms with Crippen molar-refractivity contribution in [3.63, 3.8) is 0 Å². The summed E-state index contributed by atoms with van der Waals surface area (Å²) in [5.41, 5.74) is -0.829. The van der Waals surface area contributed by atoms with Gasteiger partial charge < -0.3 is 9.16 Å². The molecule has 3 aliphatic heterocycles. The van der Waals surface area contributed by atoms with Crippen molar-refractivity contribution in [2.45, 2.75) is 69.5 Å². The zero-order valence-electron chi connectivity index (χ0n) is 13.3. The number of hydrogen-bond acceptors (Lipinski definition) is 6. The standard InChI is InChI=1S/C14H25NO5Si/c1-5-7-8-10-12-14(13(16)17-6-2)11(21(3,4)20-12)9-18-15(14)19-10/h10-12H,5-9H2,1-4H3/t10-,11-,12+,14+/m0/s1. The minimum absolute atomic E-state index is 0.0562. The molecular formula is C14H25NO5Si. The van der Waals surface area contributed by atoms with Gasteiger partial charge in [-0.2, -0.15) is 0 Å². The molecule has 0 radical (unpaired) electrons. The van der Waals surface area contributed by atoms with E-state index in [0.717, 1.165) is 19.3 Å². The molecule has 3 rings (SSSR count). The van der Waals surface area contributed by atoms with E-state index in [1.807, 2.05) is 6.92 Å². The van der Waals surface area contributed by atoms with Crippen molar-refractivity contribution >= 4 is 14.3 Å². The van der Waals surface area contributed by atoms with E-state index in [9.17, 15) is 4.79 Å². The number of hydroxylamine groups is 2. The average molecular weight is 315 g/mol. The van der Waals surface area contributed by atoms with E-state index in [1.54, 1.807) is 0 Å². The Morgan fingerprint density at radius 3 is 2.86 bits per heavy atom. The van der Waals surface area contributed by atoms with Gasteiger partial charge in [0.1, 0.15) is 12.2 Å². The van der Waals surface area contributed by atoms with Gasteiger partial charge in [-0.3, -0.25) is 9.68 Å². The Labute approximate surface area is 126 Å². The molecule has 0 aromatic carbocycles. The molecule has 7 heteroatoms. The first-order chi connectivity index (χ1) is 9.98. The third-order valence-electron chi connectivity index (χ3n) is 4.91. The van der Waals surface area contributed by atoms with Gasteiger partial charge in [0, 0.05) is 5.54 Å². The molecule has 0 N–H and O–H groups in total. The Balaban J connectivity index is 1.95. The van der Waals surface area contributed by atoms with Crippen LogP contribution in [-0.4, -0.2) is 50.5 Å². The summed E-state index contributed by atoms with van der Waals surface area (Å²) >= 11 is 0. The maximum atomic E-state index is 12.7. The van der Waals surface area contributed by atoms with Crippen LogP contribution in [0, 0.1) is 0 Å². The molecule has 120 valence electrons. The van der Waals surface area contributed by atoms with E-state index in [2.05, 4.69) is 20.0 Å². The van der Waals surface area contributed by atoms with Crippen molar-refractivity contribution in [1.29, 1.82) is 0 Å². The van der Waals surface area contributed by atoms with Gasteiger partial charge in [-0.15, -0.1) is 0 Å². The summed E-state index contributed by atoms with van der Waals surface area (Å²) in [4.78, 5) is 24.3. The lowest BCUT2D eigenvalue weighted by atomic mass is 9.86. The van der Waals surface area contributed by atoms with Crippen LogP contribution in [0.5, 0.6) is 0 Å². The Kier molecular flexibility index (Phi) is 3.90. The summed E-state index contributed by atoms with van der Waals surface area (Å²) in [7, 11) is -2.02. The van der Waals surface area contributed by atoms with Gasteiger partial charge in [-0.05, 0) is 31.7 Å². The summed E-state index contributed by atoms with van der Waals surface area (Å²) in [6.07, 6.45) is 2.62. The third kappa shape index (κ3) is 2.02. The molecule has 21 heavy (non-hydrogen) atoms. The summed E-state index contributed by atoms with van der Waals surface area (Å²) < 4.78 is 11.7. The fraction of sp³-hybridized carbons (Fsp3) is 0.929. The number of esters is 1. The van der Waals surface area contributed by atoms with Crippen molar-refractivity contribution in [2.75, 3.05) is 13.2 Å². The van der Waals surface area contributed by atoms with E-state index < -0.39 is 13.9 Å². The van der Waals surface area contributed by atoms with Crippen LogP contribution in [0.4, 0.5) is 0 Å². The molecule has 0 bridgehead atoms. The average Bonchev–Trinajstić information content (AvgIpc) is 3.01. The number of carbonyl (C=O) groups excluding carboxylic acids is 1. The number of rotatable bonds is 5. The lowest BCUT2D eigenvalue weighted by Gasteiger charge is -2.28. The van der Waals surface area contributed by atoms with Gasteiger partial charge >= 0.3 is 5.97 Å². The molecule has 3 heterocycles. The van der Waals surface area contributed by atoms with Crippen LogP contribution in [0.1, 0.15) is 33.1 Å². The van der Waals surface area contributed by atoms with Crippen LogP contribution in [0.2, 0.25) is 18.6 Å². The SMILES string of the molecule is CCCC[C@@H]1ON2OC[C@H]3[C@]2(C(=O)OCC)[C@@H]1O[Si]3(C)C. The molecular weight excluding hydrogens is 290 g/mol. The topological polar surface area (TPSA) is 57.2 Å². The van der Waals surface area contributed by atoms with Gasteiger partial charge in [0.15, 0.2) is 8.32 Å². The summed E-state index contributed by atoms with van der Waals surface area (Å²) in [5.74, 6) is -0.255. The van der Waals surface area contributed by atoms with E-state index in [4.69, 9.17) is 18.8 Å². The monoisotopic (exact) mass is 315 g/mol. The summed E-state index contributed by atoms with van der Waals surface area (Å²) in [6, 6.07) is 0. The first-order valence-corrected chi connectivity index (χ1v) is 10.9. The molecule has 0 spiro atoms. The molecule has 0 aromatic heterocycles. The summed E-state index contributed by atoms with van der Waals surface area (Å²) in [6.45, 7) is 9.11. The van der Waals surface area contributed by atoms with Crippen LogP contribution >= 0.6 is 0 Å². The molecule has 3 aliphatic rings. The van der Waals surface area contributed by atoms with Crippen molar-refractivity contribution in [3.05, 3.63) is 0 Å². The molecule has 0 amide bonds. The number of hydrogen-bond donors (Lipinski definition) is 0. The predicted molar refractivity (Wildman–Crippen MR) is 77.7 cm³/mol. The maximum absolute atomic E-state index is 12.7. The van der Waals surface area contributed by atoms with E-state index >= 15 is 0 Å². The number of carbonyl (C=O) groups is 1. The van der Waals surface area contributed by atoms with Crippen LogP contribution in [-0.2, 0) is 23.6 Å². The largest absolute Gasteiger partial charge is 0.464 e. The van der Waals surface area contributed by atoms with Crippen molar-refractivity contribution in [2.24, 2.45) is 0 Å². The Morgan fingerprint density at radius 1 is 1.43 bits per heavy atom. The molecule has 4 atom stereocenters. The normalized spacial score (nSPS) is 40.5. The van der Waals surface area contributed by atoms with Gasteiger partial charge in [0.05, 0.1) is 13.2 Å². The van der Waals surface area contributed by atoms with Gasteiger partial charge in [-0.25, -0.2) is 4.79 Å². The second-order valence-electron chi connectivity index (χ2n) is 6.58. The van der Waals surface area contributed by atoms with Crippen LogP contribution < -0.4 is 0 Å². The van der Waals surface area contributed by atoms with Crippen LogP contribution in [0.25, 0.3) is 0 Å². The van der Waals surface area contributed by atoms with E-state index in [-0.39, 0.29) is 23.7 Å². The molecule has 0 saturated carbocycles. The van der Waals surface area contributed by atoms with Crippen LogP contribution in [0.3, 0.4) is 0 Å². The highest BCUT2D eigenvalue weighted by molar-refractivity contribution is 6.74. The smallest absolute Gasteiger partial charge is 0.334 e. The molecule has 0 aliphatic carbocycles. The van der Waals surface area contributed by atoms with Gasteiger partial charge in [0.2, 0.25) is 5.54 Å². The van der Waals surface area contributed by atoms with Gasteiger partial charge in [-0.1, -0.05) is 19.8 Å². The fourth-order valence-electron chi connectivity index (χ4n) is 3.88. The maximum Gasteiger partial charge on any atom is 0.334 e. The molecule has 3 fully saturated rings. The quantitative estimate of drug-likeness (QED) is 0.571. The van der Waals surface area contributed by atoms with Crippen molar-refractivity contribution < 1.29 is 23.6 Å². The lowest BCUT2D eigenvalue weighted by Crippen LogP contribution is -2.54. The first-order valence-electron chi connectivity index (χ1n) is 7.93. The first kappa shape index (κ1) is 15.4. The molecule has 3 saturated heterocycles. The highest BCUT2D eigenvalue weighted by Gasteiger charge is 2.78. The predicted octanol–water partition coefficient (Wildman–Crippen LogP) is 2.01. The molecule has 6 nitrogen and oxygen atoms in total. The number of unbranched alkanes of at least 4 members (excludes halogenated alkanes) is 1. The lowest BCUT2D eigenvalue weighted by molar-refractivity contribution is -0.355. The number of nitrogens with zero attached hydrogens (tertiary/aromatic N) is 1. The summed E-state index contributed by atoms with van der Waals surface area (Å²) in [5, 5.41) is 1.42. The molecule has 0 aromatic rings. The Hall–Kier alpha value is -0.473. The highest BCUT2D eigenvalue weighted by Crippen LogP contribution is 2.58. The number of ether oxygens (including phenoxy) is 1. The Bertz CT molecular complexity index is 432. The molecule has 0 unspecified atom stereocenters. The minimum Gasteiger partial charge on any atom is -0.464 e. The Morgan fingerprint density at radius 2 is 2.19 bits per heavy atom. The van der Waals surface area contributed by atoms with E-state index in [1.165, 1.54) is 5.23 Å². The fourth-order valence-corrected chi connectivity index (χ4v) is 6.95. The van der Waals surface area contributed by atoms with Crippen LogP contribution in [0.15, 0.2) is 0 Å². The minimum atomic E-state index is -2.02. The zero-order valence-corrected chi connectivity index (χ0v) is 14.3. The second-order valence-corrected chi connectivity index (χ2v) is 10.7.